The first-order chi connectivity index (χ1) is 13.8. The summed E-state index contributed by atoms with van der Waals surface area (Å²) in [5.74, 6) is 0.805. The Bertz CT molecular complexity index is 898. The maximum Gasteiger partial charge on any atom is 0.121 e. The van der Waals surface area contributed by atoms with E-state index in [-0.39, 0.29) is 12.6 Å². The molecule has 2 N–H and O–H groups in total. The van der Waals surface area contributed by atoms with Crippen LogP contribution in [0.3, 0.4) is 0 Å². The van der Waals surface area contributed by atoms with Crippen molar-refractivity contribution in [3.8, 4) is 5.75 Å². The van der Waals surface area contributed by atoms with E-state index in [9.17, 15) is 10.2 Å². The van der Waals surface area contributed by atoms with Crippen LogP contribution in [0.25, 0.3) is 0 Å². The molecule has 3 aromatic carbocycles. The number of anilines is 1. The van der Waals surface area contributed by atoms with E-state index in [2.05, 4.69) is 11.0 Å². The summed E-state index contributed by atoms with van der Waals surface area (Å²) in [5, 5.41) is 20.2. The Morgan fingerprint density at radius 3 is 2.36 bits per heavy atom. The number of benzene rings is 3. The fourth-order valence-corrected chi connectivity index (χ4v) is 3.86. The first kappa shape index (κ1) is 18.5. The molecule has 0 spiro atoms. The highest BCUT2D eigenvalue weighted by Gasteiger charge is 2.32. The number of aliphatic hydroxyl groups excluding tert-OH is 2. The van der Waals surface area contributed by atoms with Crippen molar-refractivity contribution < 1.29 is 14.9 Å². The number of rotatable bonds is 7. The fraction of sp³-hybridized carbons (Fsp3) is 0.250. The van der Waals surface area contributed by atoms with Crippen molar-refractivity contribution in [1.82, 2.24) is 0 Å². The van der Waals surface area contributed by atoms with Crippen LogP contribution in [-0.4, -0.2) is 29.5 Å². The highest BCUT2D eigenvalue weighted by Crippen LogP contribution is 2.39. The van der Waals surface area contributed by atoms with Crippen molar-refractivity contribution in [2.45, 2.75) is 25.2 Å². The molecule has 1 aliphatic rings. The van der Waals surface area contributed by atoms with Gasteiger partial charge < -0.3 is 19.8 Å². The van der Waals surface area contributed by atoms with Gasteiger partial charge in [0.05, 0.1) is 12.6 Å². The lowest BCUT2D eigenvalue weighted by Gasteiger charge is -2.33. The van der Waals surface area contributed by atoms with E-state index < -0.39 is 6.10 Å². The van der Waals surface area contributed by atoms with E-state index in [1.165, 1.54) is 5.56 Å². The number of aliphatic hydroxyl groups is 2. The van der Waals surface area contributed by atoms with E-state index in [4.69, 9.17) is 4.74 Å². The third-order valence-corrected chi connectivity index (χ3v) is 5.26. The van der Waals surface area contributed by atoms with Crippen LogP contribution in [0.5, 0.6) is 5.75 Å². The Balaban J connectivity index is 1.59. The molecule has 0 amide bonds. The van der Waals surface area contributed by atoms with Gasteiger partial charge in [0.25, 0.3) is 0 Å². The van der Waals surface area contributed by atoms with Crippen LogP contribution in [-0.2, 0) is 13.0 Å². The molecule has 4 rings (SSSR count). The summed E-state index contributed by atoms with van der Waals surface area (Å²) < 4.78 is 6.00. The number of ether oxygens (including phenoxy) is 1. The van der Waals surface area contributed by atoms with Gasteiger partial charge in [0.2, 0.25) is 0 Å². The van der Waals surface area contributed by atoms with Gasteiger partial charge in [-0.1, -0.05) is 66.7 Å². The minimum atomic E-state index is -0.859. The number of hydrogen-bond acceptors (Lipinski definition) is 4. The van der Waals surface area contributed by atoms with Gasteiger partial charge in [-0.2, -0.15) is 0 Å². The molecule has 144 valence electrons. The molecule has 1 heterocycles. The van der Waals surface area contributed by atoms with Crippen molar-refractivity contribution in [2.75, 3.05) is 18.1 Å². The molecule has 0 bridgehead atoms. The SMILES string of the molecule is OC[C@@H](O)[C@H](c1ccccc1)N1CCc2ccc(OCc3ccccc3)cc21. The van der Waals surface area contributed by atoms with E-state index in [0.717, 1.165) is 35.5 Å². The second kappa shape index (κ2) is 8.46. The largest absolute Gasteiger partial charge is 0.489 e. The molecule has 0 aromatic heterocycles. The smallest absolute Gasteiger partial charge is 0.121 e. The van der Waals surface area contributed by atoms with Gasteiger partial charge >= 0.3 is 0 Å². The van der Waals surface area contributed by atoms with Crippen molar-refractivity contribution in [3.05, 3.63) is 95.6 Å². The van der Waals surface area contributed by atoms with Crippen LogP contribution in [0.15, 0.2) is 78.9 Å². The van der Waals surface area contributed by atoms with E-state index >= 15 is 0 Å². The molecule has 28 heavy (non-hydrogen) atoms. The number of fused-ring (bicyclic) bond motifs is 1. The van der Waals surface area contributed by atoms with Crippen molar-refractivity contribution in [1.29, 1.82) is 0 Å². The Morgan fingerprint density at radius 2 is 1.64 bits per heavy atom. The first-order valence-electron chi connectivity index (χ1n) is 9.66. The van der Waals surface area contributed by atoms with Gasteiger partial charge in [-0.25, -0.2) is 0 Å². The molecule has 0 radical (unpaired) electrons. The topological polar surface area (TPSA) is 52.9 Å². The molecule has 4 nitrogen and oxygen atoms in total. The number of nitrogens with zero attached hydrogens (tertiary/aromatic N) is 1. The Hall–Kier alpha value is -2.82. The van der Waals surface area contributed by atoms with Crippen LogP contribution in [0, 0.1) is 0 Å². The van der Waals surface area contributed by atoms with Crippen molar-refractivity contribution in [2.24, 2.45) is 0 Å². The molecule has 4 heteroatoms. The summed E-state index contributed by atoms with van der Waals surface area (Å²) in [6, 6.07) is 25.8. The minimum Gasteiger partial charge on any atom is -0.489 e. The van der Waals surface area contributed by atoms with Crippen LogP contribution in [0.1, 0.15) is 22.7 Å². The van der Waals surface area contributed by atoms with E-state index in [1.807, 2.05) is 72.8 Å². The van der Waals surface area contributed by atoms with Gasteiger partial charge in [-0.05, 0) is 29.2 Å². The van der Waals surface area contributed by atoms with E-state index in [1.54, 1.807) is 0 Å². The summed E-state index contributed by atoms with van der Waals surface area (Å²) in [5.41, 5.74) is 4.41. The second-order valence-electron chi connectivity index (χ2n) is 7.11. The molecular weight excluding hydrogens is 350 g/mol. The Kier molecular flexibility index (Phi) is 5.60. The third-order valence-electron chi connectivity index (χ3n) is 5.26. The maximum atomic E-state index is 10.6. The fourth-order valence-electron chi connectivity index (χ4n) is 3.86. The van der Waals surface area contributed by atoms with Gasteiger partial charge in [0, 0.05) is 18.3 Å². The zero-order valence-corrected chi connectivity index (χ0v) is 15.7. The zero-order chi connectivity index (χ0) is 19.3. The normalized spacial score (nSPS) is 15.1. The lowest BCUT2D eigenvalue weighted by atomic mass is 9.99. The first-order valence-corrected chi connectivity index (χ1v) is 9.66. The van der Waals surface area contributed by atoms with Crippen LogP contribution < -0.4 is 9.64 Å². The predicted molar refractivity (Wildman–Crippen MR) is 111 cm³/mol. The van der Waals surface area contributed by atoms with Crippen molar-refractivity contribution >= 4 is 5.69 Å². The second-order valence-corrected chi connectivity index (χ2v) is 7.11. The average Bonchev–Trinajstić information content (AvgIpc) is 3.17. The molecule has 0 saturated carbocycles. The molecule has 2 atom stereocenters. The quantitative estimate of drug-likeness (QED) is 0.661. The van der Waals surface area contributed by atoms with E-state index in [0.29, 0.717) is 6.61 Å². The van der Waals surface area contributed by atoms with Gasteiger partial charge in [0.15, 0.2) is 0 Å². The molecule has 0 saturated heterocycles. The summed E-state index contributed by atoms with van der Waals surface area (Å²) in [6.45, 7) is 1.03. The van der Waals surface area contributed by atoms with Crippen LogP contribution >= 0.6 is 0 Å². The number of hydrogen-bond donors (Lipinski definition) is 2. The van der Waals surface area contributed by atoms with Crippen LogP contribution in [0.4, 0.5) is 5.69 Å². The van der Waals surface area contributed by atoms with Gasteiger partial charge in [-0.15, -0.1) is 0 Å². The standard InChI is InChI=1S/C24H25NO3/c26-16-23(27)24(20-9-5-2-6-10-20)25-14-13-19-11-12-21(15-22(19)25)28-17-18-7-3-1-4-8-18/h1-12,15,23-24,26-27H,13-14,16-17H2/t23-,24+/m1/s1. The molecule has 3 aromatic rings. The minimum absolute atomic E-state index is 0.282. The molecule has 0 aliphatic carbocycles. The highest BCUT2D eigenvalue weighted by molar-refractivity contribution is 5.62. The molecule has 0 fully saturated rings. The Labute approximate surface area is 165 Å². The summed E-state index contributed by atoms with van der Waals surface area (Å²) >= 11 is 0. The maximum absolute atomic E-state index is 10.6. The van der Waals surface area contributed by atoms with Gasteiger partial charge in [0.1, 0.15) is 18.5 Å². The predicted octanol–water partition coefficient (Wildman–Crippen LogP) is 3.72. The zero-order valence-electron chi connectivity index (χ0n) is 15.7. The molecular formula is C24H25NO3. The third kappa shape index (κ3) is 3.88. The van der Waals surface area contributed by atoms with Crippen LogP contribution in [0.2, 0.25) is 0 Å². The van der Waals surface area contributed by atoms with Crippen molar-refractivity contribution in [3.63, 3.8) is 0 Å². The Morgan fingerprint density at radius 1 is 0.929 bits per heavy atom. The average molecular weight is 375 g/mol. The van der Waals surface area contributed by atoms with Gasteiger partial charge in [-0.3, -0.25) is 0 Å². The molecule has 1 aliphatic heterocycles. The summed E-state index contributed by atoms with van der Waals surface area (Å²) in [6.07, 6.45) is 0.0534. The lowest BCUT2D eigenvalue weighted by Crippen LogP contribution is -2.37. The lowest BCUT2D eigenvalue weighted by molar-refractivity contribution is 0.0717. The highest BCUT2D eigenvalue weighted by atomic mass is 16.5. The molecule has 0 unspecified atom stereocenters. The summed E-state index contributed by atoms with van der Waals surface area (Å²) in [4.78, 5) is 2.18. The summed E-state index contributed by atoms with van der Waals surface area (Å²) in [7, 11) is 0. The monoisotopic (exact) mass is 375 g/mol.